The van der Waals surface area contributed by atoms with Gasteiger partial charge in [0.25, 0.3) is 0 Å². The van der Waals surface area contributed by atoms with Gasteiger partial charge in [0, 0.05) is 21.2 Å². The molecule has 30 heavy (non-hydrogen) atoms. The molecule has 0 saturated heterocycles. The Morgan fingerprint density at radius 2 is 1.73 bits per heavy atom. The predicted molar refractivity (Wildman–Crippen MR) is 122 cm³/mol. The van der Waals surface area contributed by atoms with E-state index in [1.807, 2.05) is 19.1 Å². The molecule has 0 spiro atoms. The molecular weight excluding hydrogens is 445 g/mol. The summed E-state index contributed by atoms with van der Waals surface area (Å²) in [4.78, 5) is 16.7. The van der Waals surface area contributed by atoms with Crippen LogP contribution in [0.1, 0.15) is 35.7 Å². The van der Waals surface area contributed by atoms with Crippen molar-refractivity contribution in [3.63, 3.8) is 0 Å². The van der Waals surface area contributed by atoms with E-state index in [4.69, 9.17) is 39.5 Å². The highest BCUT2D eigenvalue weighted by molar-refractivity contribution is 6.36. The number of benzene rings is 2. The first-order chi connectivity index (χ1) is 14.3. The van der Waals surface area contributed by atoms with E-state index in [9.17, 15) is 9.90 Å². The van der Waals surface area contributed by atoms with Gasteiger partial charge in [0.2, 0.25) is 5.88 Å². The van der Waals surface area contributed by atoms with Crippen LogP contribution in [-0.2, 0) is 0 Å². The van der Waals surface area contributed by atoms with Crippen molar-refractivity contribution < 1.29 is 14.6 Å². The molecular formula is C23H20Cl3NO3. The van der Waals surface area contributed by atoms with Gasteiger partial charge in [-0.1, -0.05) is 60.3 Å². The summed E-state index contributed by atoms with van der Waals surface area (Å²) in [5.41, 5.74) is 3.14. The average molecular weight is 465 g/mol. The van der Waals surface area contributed by atoms with Crippen molar-refractivity contribution in [2.45, 2.75) is 26.7 Å². The number of ether oxygens (including phenoxy) is 1. The second-order valence-corrected chi connectivity index (χ2v) is 8.06. The summed E-state index contributed by atoms with van der Waals surface area (Å²) in [5, 5.41) is 11.4. The Bertz CT molecular complexity index is 1080. The van der Waals surface area contributed by atoms with E-state index < -0.39 is 5.97 Å². The monoisotopic (exact) mass is 463 g/mol. The molecule has 7 heteroatoms. The Balaban J connectivity index is 2.33. The first kappa shape index (κ1) is 22.4. The SMILES string of the molecule is CCCCOc1nc(-c2ccc(Cl)cc2Cl)c(-c2ccc(Cl)cc2)c(C)c1C(=O)O. The molecule has 0 radical (unpaired) electrons. The van der Waals surface area contributed by atoms with Crippen LogP contribution >= 0.6 is 34.8 Å². The molecule has 1 N–H and O–H groups in total. The molecule has 0 saturated carbocycles. The lowest BCUT2D eigenvalue weighted by Crippen LogP contribution is -2.11. The zero-order chi connectivity index (χ0) is 21.8. The molecule has 0 aliphatic rings. The van der Waals surface area contributed by atoms with Gasteiger partial charge in [0.15, 0.2) is 0 Å². The van der Waals surface area contributed by atoms with E-state index in [2.05, 4.69) is 4.98 Å². The third-order valence-corrected chi connectivity index (χ3v) is 5.48. The van der Waals surface area contributed by atoms with Crippen molar-refractivity contribution in [3.8, 4) is 28.3 Å². The molecule has 156 valence electrons. The van der Waals surface area contributed by atoms with Crippen molar-refractivity contribution in [1.29, 1.82) is 0 Å². The molecule has 2 aromatic carbocycles. The smallest absolute Gasteiger partial charge is 0.341 e. The van der Waals surface area contributed by atoms with E-state index in [-0.39, 0.29) is 11.4 Å². The van der Waals surface area contributed by atoms with Crippen molar-refractivity contribution in [1.82, 2.24) is 4.98 Å². The van der Waals surface area contributed by atoms with Crippen molar-refractivity contribution >= 4 is 40.8 Å². The first-order valence-electron chi connectivity index (χ1n) is 9.45. The van der Waals surface area contributed by atoms with Gasteiger partial charge in [-0.05, 0) is 54.8 Å². The number of nitrogens with zero attached hydrogens (tertiary/aromatic N) is 1. The van der Waals surface area contributed by atoms with E-state index >= 15 is 0 Å². The molecule has 0 bridgehead atoms. The van der Waals surface area contributed by atoms with Gasteiger partial charge in [0.05, 0.1) is 17.3 Å². The van der Waals surface area contributed by atoms with Gasteiger partial charge in [0.1, 0.15) is 5.56 Å². The van der Waals surface area contributed by atoms with Crippen LogP contribution < -0.4 is 4.74 Å². The highest BCUT2D eigenvalue weighted by Crippen LogP contribution is 2.41. The lowest BCUT2D eigenvalue weighted by Gasteiger charge is -2.19. The number of aromatic nitrogens is 1. The maximum absolute atomic E-state index is 12.1. The fraction of sp³-hybridized carbons (Fsp3) is 0.217. The summed E-state index contributed by atoms with van der Waals surface area (Å²) < 4.78 is 5.77. The van der Waals surface area contributed by atoms with Gasteiger partial charge in [-0.15, -0.1) is 0 Å². The molecule has 0 aliphatic carbocycles. The number of carboxylic acids is 1. The maximum Gasteiger partial charge on any atom is 0.341 e. The summed E-state index contributed by atoms with van der Waals surface area (Å²) in [5.74, 6) is -1.03. The molecule has 0 amide bonds. The number of pyridine rings is 1. The molecule has 1 aromatic heterocycles. The van der Waals surface area contributed by atoms with Crippen LogP contribution in [0.4, 0.5) is 0 Å². The van der Waals surface area contributed by atoms with Crippen LogP contribution in [0.15, 0.2) is 42.5 Å². The molecule has 0 fully saturated rings. The molecule has 0 unspecified atom stereocenters. The highest BCUT2D eigenvalue weighted by Gasteiger charge is 2.25. The van der Waals surface area contributed by atoms with Gasteiger partial charge in [-0.2, -0.15) is 0 Å². The minimum absolute atomic E-state index is 0.0323. The first-order valence-corrected chi connectivity index (χ1v) is 10.6. The van der Waals surface area contributed by atoms with Crippen molar-refractivity contribution in [3.05, 3.63) is 68.7 Å². The largest absolute Gasteiger partial charge is 0.477 e. The van der Waals surface area contributed by atoms with E-state index in [1.54, 1.807) is 37.3 Å². The average Bonchev–Trinajstić information content (AvgIpc) is 2.68. The predicted octanol–water partition coefficient (Wildman–Crippen LogP) is 7.56. The number of aromatic carboxylic acids is 1. The summed E-state index contributed by atoms with van der Waals surface area (Å²) >= 11 is 18.6. The number of carbonyl (C=O) groups is 1. The molecule has 3 aromatic rings. The molecule has 0 aliphatic heterocycles. The fourth-order valence-corrected chi connectivity index (χ4v) is 3.82. The quantitative estimate of drug-likeness (QED) is 0.366. The van der Waals surface area contributed by atoms with Crippen LogP contribution in [0.3, 0.4) is 0 Å². The topological polar surface area (TPSA) is 59.4 Å². The Morgan fingerprint density at radius 3 is 2.33 bits per heavy atom. The van der Waals surface area contributed by atoms with Crippen LogP contribution in [0, 0.1) is 6.92 Å². The normalized spacial score (nSPS) is 10.8. The Hall–Kier alpha value is -2.27. The summed E-state index contributed by atoms with van der Waals surface area (Å²) in [6.07, 6.45) is 1.70. The van der Waals surface area contributed by atoms with E-state index in [0.717, 1.165) is 18.4 Å². The van der Waals surface area contributed by atoms with Gasteiger partial charge >= 0.3 is 5.97 Å². The summed E-state index contributed by atoms with van der Waals surface area (Å²) in [6.45, 7) is 4.15. The number of hydrogen-bond acceptors (Lipinski definition) is 3. The van der Waals surface area contributed by atoms with Crippen molar-refractivity contribution in [2.24, 2.45) is 0 Å². The number of unbranched alkanes of at least 4 members (excludes halogenated alkanes) is 1. The van der Waals surface area contributed by atoms with Gasteiger partial charge in [-0.25, -0.2) is 9.78 Å². The minimum Gasteiger partial charge on any atom is -0.477 e. The van der Waals surface area contributed by atoms with Gasteiger partial charge in [-0.3, -0.25) is 0 Å². The number of rotatable bonds is 7. The zero-order valence-electron chi connectivity index (χ0n) is 16.5. The highest BCUT2D eigenvalue weighted by atomic mass is 35.5. The number of carboxylic acid groups (broad SMARTS) is 1. The van der Waals surface area contributed by atoms with Crippen LogP contribution in [0.2, 0.25) is 15.1 Å². The molecule has 0 atom stereocenters. The summed E-state index contributed by atoms with van der Waals surface area (Å²) in [7, 11) is 0. The summed E-state index contributed by atoms with van der Waals surface area (Å²) in [6, 6.07) is 12.2. The van der Waals surface area contributed by atoms with Crippen LogP contribution in [-0.4, -0.2) is 22.7 Å². The Labute approximate surface area is 190 Å². The van der Waals surface area contributed by atoms with Crippen molar-refractivity contribution in [2.75, 3.05) is 6.61 Å². The maximum atomic E-state index is 12.1. The molecule has 4 nitrogen and oxygen atoms in total. The fourth-order valence-electron chi connectivity index (χ4n) is 3.19. The standard InChI is InChI=1S/C23H20Cl3NO3/c1-3-4-11-30-22-20(23(28)29)13(2)19(14-5-7-15(24)8-6-14)21(27-22)17-10-9-16(25)12-18(17)26/h5-10,12H,3-4,11H2,1-2H3,(H,28,29). The third kappa shape index (κ3) is 4.72. The molecule has 1 heterocycles. The Kier molecular flexibility index (Phi) is 7.24. The lowest BCUT2D eigenvalue weighted by molar-refractivity contribution is 0.0690. The zero-order valence-corrected chi connectivity index (χ0v) is 18.8. The Morgan fingerprint density at radius 1 is 1.07 bits per heavy atom. The van der Waals surface area contributed by atoms with Gasteiger partial charge < -0.3 is 9.84 Å². The second kappa shape index (κ2) is 9.69. The molecule has 3 rings (SSSR count). The number of hydrogen-bond donors (Lipinski definition) is 1. The lowest BCUT2D eigenvalue weighted by atomic mass is 9.92. The third-order valence-electron chi connectivity index (χ3n) is 4.68. The number of halogens is 3. The minimum atomic E-state index is -1.10. The van der Waals surface area contributed by atoms with Crippen LogP contribution in [0.5, 0.6) is 5.88 Å². The van der Waals surface area contributed by atoms with E-state index in [1.165, 1.54) is 0 Å². The van der Waals surface area contributed by atoms with Crippen LogP contribution in [0.25, 0.3) is 22.4 Å². The van der Waals surface area contributed by atoms with E-state index in [0.29, 0.717) is 44.1 Å². The second-order valence-electron chi connectivity index (χ2n) is 6.78.